The highest BCUT2D eigenvalue weighted by Gasteiger charge is 2.39. The maximum atomic E-state index is 12.9. The van der Waals surface area contributed by atoms with E-state index in [9.17, 15) is 38.8 Å². The molecule has 52 heavy (non-hydrogen) atoms. The Labute approximate surface area is 305 Å². The first-order chi connectivity index (χ1) is 24.8. The summed E-state index contributed by atoms with van der Waals surface area (Å²) in [6.07, 6.45) is 4.01. The van der Waals surface area contributed by atoms with Crippen LogP contribution in [0.5, 0.6) is 0 Å². The fraction of sp³-hybridized carbons (Fsp3) is 0.818. The quantitative estimate of drug-likeness (QED) is 0.118. The number of esters is 3. The van der Waals surface area contributed by atoms with Crippen molar-refractivity contribution in [3.05, 3.63) is 0 Å². The second kappa shape index (κ2) is 20.2. The van der Waals surface area contributed by atoms with Gasteiger partial charge in [0.1, 0.15) is 6.04 Å². The van der Waals surface area contributed by atoms with Crippen molar-refractivity contribution in [2.24, 2.45) is 11.8 Å². The number of carbonyl (C=O) groups is 6. The van der Waals surface area contributed by atoms with E-state index in [1.54, 1.807) is 18.9 Å². The van der Waals surface area contributed by atoms with Crippen molar-refractivity contribution in [2.45, 2.75) is 70.8 Å². The number of hydrogen-bond acceptors (Lipinski definition) is 15. The molecule has 3 amide bonds. The zero-order chi connectivity index (χ0) is 37.8. The molecular formula is C33H56BN7O11. The number of likely N-dealkylation sites (N-methyl/N-ethyl adjacent to an activating group) is 2. The molecule has 3 aliphatic heterocycles. The number of rotatable bonds is 12. The van der Waals surface area contributed by atoms with E-state index in [1.165, 1.54) is 4.90 Å². The average Bonchev–Trinajstić information content (AvgIpc) is 3.58. The predicted molar refractivity (Wildman–Crippen MR) is 186 cm³/mol. The fourth-order valence-electron chi connectivity index (χ4n) is 7.10. The molecule has 4 rings (SSSR count). The molecule has 0 spiro atoms. The lowest BCUT2D eigenvalue weighted by Gasteiger charge is -2.31. The van der Waals surface area contributed by atoms with Gasteiger partial charge in [0.25, 0.3) is 0 Å². The summed E-state index contributed by atoms with van der Waals surface area (Å²) in [5.74, 6) is -3.33. The summed E-state index contributed by atoms with van der Waals surface area (Å²) in [7, 11) is 0.150. The second-order valence-corrected chi connectivity index (χ2v) is 14.3. The zero-order valence-electron chi connectivity index (χ0n) is 30.7. The van der Waals surface area contributed by atoms with Crippen LogP contribution in [0.3, 0.4) is 0 Å². The Morgan fingerprint density at radius 2 is 1.56 bits per heavy atom. The zero-order valence-corrected chi connectivity index (χ0v) is 30.7. The number of carbonyl (C=O) groups excluding carboxylic acids is 6. The Hall–Kier alpha value is -3.36. The van der Waals surface area contributed by atoms with Gasteiger partial charge in [0.15, 0.2) is 0 Å². The maximum Gasteiger partial charge on any atom is 0.475 e. The lowest BCUT2D eigenvalue weighted by molar-refractivity contribution is -0.257. The molecule has 0 aromatic carbocycles. The van der Waals surface area contributed by atoms with Crippen LogP contribution in [-0.4, -0.2) is 188 Å². The number of ether oxygens (including phenoxy) is 3. The average molecular weight is 738 g/mol. The highest BCUT2D eigenvalue weighted by atomic mass is 16.9. The summed E-state index contributed by atoms with van der Waals surface area (Å²) in [6, 6.07) is -0.762. The van der Waals surface area contributed by atoms with Crippen molar-refractivity contribution in [2.75, 3.05) is 92.1 Å². The largest absolute Gasteiger partial charge is 0.475 e. The van der Waals surface area contributed by atoms with Crippen LogP contribution in [0.1, 0.15) is 52.4 Å². The smallest absolute Gasteiger partial charge is 0.426 e. The molecule has 0 aromatic heterocycles. The molecule has 0 aromatic rings. The van der Waals surface area contributed by atoms with Crippen molar-refractivity contribution >= 4 is 42.7 Å². The van der Waals surface area contributed by atoms with Crippen LogP contribution in [0, 0.1) is 11.8 Å². The van der Waals surface area contributed by atoms with Crippen LogP contribution in [-0.2, 0) is 43.0 Å². The lowest BCUT2D eigenvalue weighted by atomic mass is 9.77. The molecule has 2 bridgehead atoms. The minimum absolute atomic E-state index is 0.0451. The highest BCUT2D eigenvalue weighted by Crippen LogP contribution is 2.29. The van der Waals surface area contributed by atoms with E-state index in [0.717, 1.165) is 12.8 Å². The third-order valence-electron chi connectivity index (χ3n) is 10.3. The number of amides is 3. The molecule has 4 N–H and O–H groups in total. The Morgan fingerprint density at radius 1 is 0.904 bits per heavy atom. The van der Waals surface area contributed by atoms with Gasteiger partial charge in [0.2, 0.25) is 17.7 Å². The molecule has 3 saturated heterocycles. The summed E-state index contributed by atoms with van der Waals surface area (Å²) >= 11 is 0. The molecule has 1 aliphatic carbocycles. The fourth-order valence-corrected chi connectivity index (χ4v) is 7.10. The van der Waals surface area contributed by atoms with Gasteiger partial charge in [-0.25, -0.2) is 0 Å². The number of likely N-dealkylation sites (tertiary alicyclic amines) is 1. The Bertz CT molecular complexity index is 1250. The van der Waals surface area contributed by atoms with Crippen LogP contribution < -0.4 is 10.6 Å². The van der Waals surface area contributed by atoms with Gasteiger partial charge in [-0.05, 0) is 65.0 Å². The molecule has 3 heterocycles. The summed E-state index contributed by atoms with van der Waals surface area (Å²) in [4.78, 5) is 85.3. The Morgan fingerprint density at radius 3 is 2.23 bits per heavy atom. The van der Waals surface area contributed by atoms with Gasteiger partial charge in [0.05, 0.1) is 32.1 Å². The third-order valence-corrected chi connectivity index (χ3v) is 10.3. The van der Waals surface area contributed by atoms with Crippen LogP contribution in [0.4, 0.5) is 0 Å². The van der Waals surface area contributed by atoms with E-state index < -0.39 is 43.5 Å². The molecule has 4 fully saturated rings. The minimum atomic E-state index is -1.76. The summed E-state index contributed by atoms with van der Waals surface area (Å²) in [5, 5.41) is 25.0. The van der Waals surface area contributed by atoms with Gasteiger partial charge in [-0.2, -0.15) is 0 Å². The number of hydrogen-bond donors (Lipinski definition) is 4. The molecule has 19 heteroatoms. The maximum absolute atomic E-state index is 12.9. The van der Waals surface area contributed by atoms with Gasteiger partial charge in [0, 0.05) is 58.3 Å². The molecular weight excluding hydrogens is 681 g/mol. The van der Waals surface area contributed by atoms with Crippen molar-refractivity contribution < 1.29 is 53.0 Å². The third kappa shape index (κ3) is 12.9. The summed E-state index contributed by atoms with van der Waals surface area (Å²) in [6.45, 7) is 6.18. The van der Waals surface area contributed by atoms with Crippen LogP contribution >= 0.6 is 0 Å². The van der Waals surface area contributed by atoms with Crippen molar-refractivity contribution in [1.82, 2.24) is 35.1 Å². The summed E-state index contributed by atoms with van der Waals surface area (Å²) in [5.41, 5.74) is 0. The predicted octanol–water partition coefficient (Wildman–Crippen LogP) is -2.79. The second-order valence-electron chi connectivity index (χ2n) is 14.3. The first-order valence-corrected chi connectivity index (χ1v) is 18.5. The lowest BCUT2D eigenvalue weighted by Crippen LogP contribution is -2.53. The van der Waals surface area contributed by atoms with E-state index in [2.05, 4.69) is 10.6 Å². The van der Waals surface area contributed by atoms with Gasteiger partial charge in [-0.3, -0.25) is 48.4 Å². The molecule has 0 radical (unpaired) electrons. The molecule has 4 aliphatic rings. The first-order valence-electron chi connectivity index (χ1n) is 18.5. The molecule has 18 nitrogen and oxygen atoms in total. The molecule has 4 atom stereocenters. The van der Waals surface area contributed by atoms with Gasteiger partial charge >= 0.3 is 31.5 Å². The normalized spacial score (nSPS) is 27.5. The topological polar surface area (TPSA) is 211 Å². The number of fused-ring (bicyclic) bond motifs is 4. The van der Waals surface area contributed by atoms with E-state index in [4.69, 9.17) is 14.2 Å². The van der Waals surface area contributed by atoms with E-state index in [1.807, 2.05) is 21.6 Å². The highest BCUT2D eigenvalue weighted by molar-refractivity contribution is 6.43. The van der Waals surface area contributed by atoms with E-state index in [-0.39, 0.29) is 55.7 Å². The van der Waals surface area contributed by atoms with Gasteiger partial charge in [-0.15, -0.1) is 0 Å². The number of nitrogens with one attached hydrogen (secondary N) is 2. The van der Waals surface area contributed by atoms with E-state index in [0.29, 0.717) is 84.6 Å². The van der Waals surface area contributed by atoms with Crippen LogP contribution in [0.15, 0.2) is 0 Å². The SMILES string of the molecule is CCN(CCN1CCN2CCN(C)CC(=O)OC(OC(=O)C2)OC(=O)C1)CC(=O)NCC1CCC(C(=O)N[C@H](C)C(=O)N2CCC[C@H]2B(O)O)CC1. The Balaban J connectivity index is 1.19. The van der Waals surface area contributed by atoms with Crippen LogP contribution in [0.2, 0.25) is 0 Å². The Kier molecular flexibility index (Phi) is 16.1. The monoisotopic (exact) mass is 737 g/mol. The first kappa shape index (κ1) is 41.4. The van der Waals surface area contributed by atoms with Gasteiger partial charge in [-0.1, -0.05) is 6.92 Å². The summed E-state index contributed by atoms with van der Waals surface area (Å²) < 4.78 is 15.5. The van der Waals surface area contributed by atoms with E-state index >= 15 is 0 Å². The molecule has 1 saturated carbocycles. The molecule has 2 unspecified atom stereocenters. The minimum Gasteiger partial charge on any atom is -0.426 e. The van der Waals surface area contributed by atoms with Crippen LogP contribution in [0.25, 0.3) is 0 Å². The standard InChI is InChI=1S/C33H56BN7O11/c1-4-38(14-15-40-17-16-39-13-12-37(3)20-28(43)50-33(51-29(44)21-39)52-30(45)22-40)19-27(42)35-18-24-7-9-25(10-8-24)31(46)36-23(2)32(47)41-11-5-6-26(41)34(48)49/h23-26,33,48-49H,4-22H2,1-3H3,(H,35,42)(H,36,46)/t23-,24?,25?,26+,33?/m1/s1. The molecule has 292 valence electrons. The van der Waals surface area contributed by atoms with Crippen molar-refractivity contribution in [1.29, 1.82) is 0 Å². The number of nitrogens with zero attached hydrogens (tertiary/aromatic N) is 5. The van der Waals surface area contributed by atoms with Crippen molar-refractivity contribution in [3.8, 4) is 0 Å². The van der Waals surface area contributed by atoms with Gasteiger partial charge < -0.3 is 39.8 Å². The van der Waals surface area contributed by atoms with Crippen molar-refractivity contribution in [3.63, 3.8) is 0 Å².